The summed E-state index contributed by atoms with van der Waals surface area (Å²) >= 11 is 2.12. The van der Waals surface area contributed by atoms with E-state index in [4.69, 9.17) is 4.74 Å². The number of benzene rings is 2. The monoisotopic (exact) mass is 371 g/mol. The van der Waals surface area contributed by atoms with Gasteiger partial charge in [-0.1, -0.05) is 12.1 Å². The van der Waals surface area contributed by atoms with Gasteiger partial charge in [0.05, 0.1) is 12.8 Å². The van der Waals surface area contributed by atoms with Gasteiger partial charge in [0, 0.05) is 9.13 Å². The van der Waals surface area contributed by atoms with Gasteiger partial charge in [-0.25, -0.2) is 4.39 Å². The lowest BCUT2D eigenvalue weighted by Crippen LogP contribution is -2.13. The van der Waals surface area contributed by atoms with E-state index in [1.54, 1.807) is 6.07 Å². The van der Waals surface area contributed by atoms with Crippen molar-refractivity contribution in [2.24, 2.45) is 0 Å². The molecule has 0 bridgehead atoms. The molecule has 0 saturated heterocycles. The second-order valence-corrected chi connectivity index (χ2v) is 4.95. The fraction of sp³-hybridized carbons (Fsp3) is 0.0714. The fourth-order valence-electron chi connectivity index (χ4n) is 1.56. The maximum absolute atomic E-state index is 13.5. The summed E-state index contributed by atoms with van der Waals surface area (Å²) in [6.07, 6.45) is 0. The van der Waals surface area contributed by atoms with E-state index in [0.29, 0.717) is 5.69 Å². The number of carbonyl (C=O) groups is 1. The average molecular weight is 371 g/mol. The molecule has 0 fully saturated rings. The molecule has 0 aliphatic carbocycles. The maximum Gasteiger partial charge on any atom is 0.255 e. The Balaban J connectivity index is 2.21. The molecule has 0 aliphatic heterocycles. The first-order valence-corrected chi connectivity index (χ1v) is 6.59. The Morgan fingerprint density at radius 2 is 2.00 bits per heavy atom. The predicted octanol–water partition coefficient (Wildman–Crippen LogP) is 3.69. The molecule has 0 spiro atoms. The van der Waals surface area contributed by atoms with Crippen molar-refractivity contribution in [2.45, 2.75) is 0 Å². The predicted molar refractivity (Wildman–Crippen MR) is 80.1 cm³/mol. The van der Waals surface area contributed by atoms with Crippen molar-refractivity contribution in [2.75, 3.05) is 12.4 Å². The van der Waals surface area contributed by atoms with Gasteiger partial charge in [-0.2, -0.15) is 0 Å². The van der Waals surface area contributed by atoms with E-state index in [-0.39, 0.29) is 17.2 Å². The van der Waals surface area contributed by atoms with Gasteiger partial charge in [-0.05, 0) is 52.9 Å². The summed E-state index contributed by atoms with van der Waals surface area (Å²) in [6.45, 7) is 0. The van der Waals surface area contributed by atoms with Crippen LogP contribution in [-0.2, 0) is 0 Å². The van der Waals surface area contributed by atoms with Gasteiger partial charge >= 0.3 is 0 Å². The third-order valence-corrected chi connectivity index (χ3v) is 3.48. The van der Waals surface area contributed by atoms with Crippen LogP contribution in [0.2, 0.25) is 0 Å². The normalized spacial score (nSPS) is 10.1. The molecule has 0 aliphatic rings. The molecule has 0 saturated carbocycles. The first kappa shape index (κ1) is 13.8. The summed E-state index contributed by atoms with van der Waals surface area (Å²) in [4.78, 5) is 12.0. The lowest BCUT2D eigenvalue weighted by Gasteiger charge is -2.08. The van der Waals surface area contributed by atoms with Gasteiger partial charge in [0.1, 0.15) is 0 Å². The standard InChI is InChI=1S/C14H11FINO2/c1-19-13-7-6-9(8-10(13)15)14(18)17-12-5-3-2-4-11(12)16/h2-8H,1H3,(H,17,18). The summed E-state index contributed by atoms with van der Waals surface area (Å²) in [7, 11) is 1.38. The summed E-state index contributed by atoms with van der Waals surface area (Å²) in [5.74, 6) is -0.797. The fourth-order valence-corrected chi connectivity index (χ4v) is 2.09. The lowest BCUT2D eigenvalue weighted by molar-refractivity contribution is 0.102. The highest BCUT2D eigenvalue weighted by Crippen LogP contribution is 2.20. The van der Waals surface area contributed by atoms with Crippen LogP contribution in [0.15, 0.2) is 42.5 Å². The molecule has 5 heteroatoms. The summed E-state index contributed by atoms with van der Waals surface area (Å²) in [6, 6.07) is 11.5. The Kier molecular flexibility index (Phi) is 4.36. The number of ether oxygens (including phenoxy) is 1. The minimum atomic E-state index is -0.557. The Labute approximate surface area is 123 Å². The van der Waals surface area contributed by atoms with Crippen molar-refractivity contribution in [3.63, 3.8) is 0 Å². The van der Waals surface area contributed by atoms with E-state index >= 15 is 0 Å². The zero-order valence-electron chi connectivity index (χ0n) is 10.1. The summed E-state index contributed by atoms with van der Waals surface area (Å²) < 4.78 is 19.3. The summed E-state index contributed by atoms with van der Waals surface area (Å²) in [5.41, 5.74) is 0.947. The first-order valence-electron chi connectivity index (χ1n) is 5.51. The molecule has 2 rings (SSSR count). The van der Waals surface area contributed by atoms with Crippen LogP contribution in [0.25, 0.3) is 0 Å². The Bertz CT molecular complexity index is 616. The van der Waals surface area contributed by atoms with Gasteiger partial charge in [0.15, 0.2) is 11.6 Å². The second kappa shape index (κ2) is 6.01. The van der Waals surface area contributed by atoms with Crippen LogP contribution >= 0.6 is 22.6 Å². The highest BCUT2D eigenvalue weighted by Gasteiger charge is 2.11. The minimum absolute atomic E-state index is 0.117. The number of halogens is 2. The molecule has 0 radical (unpaired) electrons. The highest BCUT2D eigenvalue weighted by molar-refractivity contribution is 14.1. The van der Waals surface area contributed by atoms with Crippen LogP contribution in [-0.4, -0.2) is 13.0 Å². The zero-order valence-corrected chi connectivity index (χ0v) is 12.3. The van der Waals surface area contributed by atoms with Crippen LogP contribution in [0, 0.1) is 9.39 Å². The molecule has 2 aromatic rings. The number of hydrogen-bond acceptors (Lipinski definition) is 2. The van der Waals surface area contributed by atoms with Crippen molar-refractivity contribution < 1.29 is 13.9 Å². The number of methoxy groups -OCH3 is 1. The molecule has 0 heterocycles. The lowest BCUT2D eigenvalue weighted by atomic mass is 10.2. The molecule has 2 aromatic carbocycles. The number of hydrogen-bond donors (Lipinski definition) is 1. The first-order chi connectivity index (χ1) is 9.11. The number of para-hydroxylation sites is 1. The third kappa shape index (κ3) is 3.23. The van der Waals surface area contributed by atoms with Gasteiger partial charge in [0.2, 0.25) is 0 Å². The van der Waals surface area contributed by atoms with Crippen LogP contribution < -0.4 is 10.1 Å². The van der Waals surface area contributed by atoms with Crippen LogP contribution in [0.4, 0.5) is 10.1 Å². The van der Waals surface area contributed by atoms with E-state index in [0.717, 1.165) is 9.64 Å². The average Bonchev–Trinajstić information content (AvgIpc) is 2.41. The van der Waals surface area contributed by atoms with Gasteiger partial charge in [-0.15, -0.1) is 0 Å². The zero-order chi connectivity index (χ0) is 13.8. The van der Waals surface area contributed by atoms with E-state index in [1.807, 2.05) is 18.2 Å². The van der Waals surface area contributed by atoms with Crippen molar-refractivity contribution in [3.8, 4) is 5.75 Å². The van der Waals surface area contributed by atoms with Crippen molar-refractivity contribution in [1.29, 1.82) is 0 Å². The molecule has 1 N–H and O–H groups in total. The molecule has 19 heavy (non-hydrogen) atoms. The quantitative estimate of drug-likeness (QED) is 0.836. The number of nitrogens with one attached hydrogen (secondary N) is 1. The molecule has 0 unspecified atom stereocenters. The van der Waals surface area contributed by atoms with Crippen molar-refractivity contribution >= 4 is 34.2 Å². The van der Waals surface area contributed by atoms with E-state index in [1.165, 1.54) is 19.2 Å². The van der Waals surface area contributed by atoms with Crippen molar-refractivity contribution in [3.05, 3.63) is 57.4 Å². The molecule has 0 atom stereocenters. The Morgan fingerprint density at radius 1 is 1.26 bits per heavy atom. The number of carbonyl (C=O) groups excluding carboxylic acids is 1. The number of rotatable bonds is 3. The van der Waals surface area contributed by atoms with E-state index in [9.17, 15) is 9.18 Å². The third-order valence-electron chi connectivity index (χ3n) is 2.54. The van der Waals surface area contributed by atoms with Crippen LogP contribution in [0.3, 0.4) is 0 Å². The topological polar surface area (TPSA) is 38.3 Å². The van der Waals surface area contributed by atoms with Crippen molar-refractivity contribution in [1.82, 2.24) is 0 Å². The molecular formula is C14H11FINO2. The van der Waals surface area contributed by atoms with Gasteiger partial charge < -0.3 is 10.1 Å². The minimum Gasteiger partial charge on any atom is -0.494 e. The SMILES string of the molecule is COc1ccc(C(=O)Nc2ccccc2I)cc1F. The Morgan fingerprint density at radius 3 is 2.63 bits per heavy atom. The molecule has 98 valence electrons. The van der Waals surface area contributed by atoms with E-state index in [2.05, 4.69) is 27.9 Å². The Hall–Kier alpha value is -1.63. The smallest absolute Gasteiger partial charge is 0.255 e. The molecule has 0 aromatic heterocycles. The molecular weight excluding hydrogens is 360 g/mol. The number of anilines is 1. The van der Waals surface area contributed by atoms with Gasteiger partial charge in [0.25, 0.3) is 5.91 Å². The van der Waals surface area contributed by atoms with E-state index < -0.39 is 5.82 Å². The molecule has 1 amide bonds. The summed E-state index contributed by atoms with van der Waals surface area (Å²) in [5, 5.41) is 2.74. The number of amides is 1. The maximum atomic E-state index is 13.5. The second-order valence-electron chi connectivity index (χ2n) is 3.78. The molecule has 3 nitrogen and oxygen atoms in total. The highest BCUT2D eigenvalue weighted by atomic mass is 127. The van der Waals surface area contributed by atoms with Gasteiger partial charge in [-0.3, -0.25) is 4.79 Å². The van der Waals surface area contributed by atoms with Crippen LogP contribution in [0.5, 0.6) is 5.75 Å². The van der Waals surface area contributed by atoms with Crippen LogP contribution in [0.1, 0.15) is 10.4 Å². The largest absolute Gasteiger partial charge is 0.494 e.